The molecular formula is C20H32S4. The fourth-order valence-electron chi connectivity index (χ4n) is 3.17. The van der Waals surface area contributed by atoms with Crippen LogP contribution in [0, 0.1) is 0 Å². The third kappa shape index (κ3) is 10.4. The molecule has 0 aliphatic heterocycles. The molecule has 0 radical (unpaired) electrons. The lowest BCUT2D eigenvalue weighted by atomic mass is 10.0. The van der Waals surface area contributed by atoms with Crippen molar-refractivity contribution in [3.05, 3.63) is 0 Å². The average molecular weight is 401 g/mol. The van der Waals surface area contributed by atoms with Crippen LogP contribution >= 0.6 is 48.9 Å². The van der Waals surface area contributed by atoms with Gasteiger partial charge in [0, 0.05) is 9.73 Å². The van der Waals surface area contributed by atoms with Gasteiger partial charge in [-0.2, -0.15) is 0 Å². The fourth-order valence-corrected chi connectivity index (χ4v) is 4.25. The Bertz CT molecular complexity index is 385. The van der Waals surface area contributed by atoms with E-state index in [1.54, 1.807) is 0 Å². The Balaban J connectivity index is 2.41. The monoisotopic (exact) mass is 400 g/mol. The molecule has 0 saturated heterocycles. The molecular weight excluding hydrogens is 368 g/mol. The molecule has 0 spiro atoms. The van der Waals surface area contributed by atoms with Crippen LogP contribution in [0.2, 0.25) is 0 Å². The zero-order valence-corrected chi connectivity index (χ0v) is 18.2. The molecule has 1 aliphatic rings. The summed E-state index contributed by atoms with van der Waals surface area (Å²) in [5.41, 5.74) is 0. The summed E-state index contributed by atoms with van der Waals surface area (Å²) >= 11 is 21.9. The first-order valence-electron chi connectivity index (χ1n) is 9.77. The molecule has 1 fully saturated rings. The Hall–Kier alpha value is 0.360. The molecule has 0 aromatic heterocycles. The van der Waals surface area contributed by atoms with Gasteiger partial charge >= 0.3 is 0 Å². The minimum atomic E-state index is 0.680. The fraction of sp³-hybridized carbons (Fsp3) is 0.800. The van der Waals surface area contributed by atoms with E-state index in [9.17, 15) is 0 Å². The maximum absolute atomic E-state index is 5.48. The van der Waals surface area contributed by atoms with Crippen LogP contribution in [-0.2, 0) is 0 Å². The van der Waals surface area contributed by atoms with Gasteiger partial charge in [-0.25, -0.2) is 0 Å². The lowest BCUT2D eigenvalue weighted by Crippen LogP contribution is -2.25. The van der Waals surface area contributed by atoms with Crippen molar-refractivity contribution < 1.29 is 0 Å². The lowest BCUT2D eigenvalue weighted by Gasteiger charge is -2.10. The molecule has 0 unspecified atom stereocenters. The van der Waals surface area contributed by atoms with Crippen molar-refractivity contribution >= 4 is 68.3 Å². The first-order valence-corrected chi connectivity index (χ1v) is 11.4. The van der Waals surface area contributed by atoms with Gasteiger partial charge in [0.05, 0.1) is 9.73 Å². The van der Waals surface area contributed by atoms with E-state index in [1.807, 2.05) is 0 Å². The first kappa shape index (κ1) is 22.4. The van der Waals surface area contributed by atoms with Crippen molar-refractivity contribution in [1.29, 1.82) is 0 Å². The number of hydrogen-bond donors (Lipinski definition) is 0. The van der Waals surface area contributed by atoms with E-state index in [2.05, 4.69) is 0 Å². The van der Waals surface area contributed by atoms with Crippen molar-refractivity contribution in [2.45, 2.75) is 103 Å². The topological polar surface area (TPSA) is 0 Å². The van der Waals surface area contributed by atoms with Crippen LogP contribution in [0.15, 0.2) is 0 Å². The highest BCUT2D eigenvalue weighted by atomic mass is 32.1. The molecule has 0 atom stereocenters. The molecule has 0 amide bonds. The van der Waals surface area contributed by atoms with E-state index in [1.165, 1.54) is 77.0 Å². The van der Waals surface area contributed by atoms with Gasteiger partial charge in [-0.15, -0.1) is 0 Å². The summed E-state index contributed by atoms with van der Waals surface area (Å²) in [7, 11) is 0. The van der Waals surface area contributed by atoms with Gasteiger partial charge in [-0.1, -0.05) is 126 Å². The van der Waals surface area contributed by atoms with Gasteiger partial charge in [0.2, 0.25) is 0 Å². The average Bonchev–Trinajstić information content (AvgIpc) is 2.58. The van der Waals surface area contributed by atoms with Crippen LogP contribution in [0.4, 0.5) is 0 Å². The van der Waals surface area contributed by atoms with E-state index in [-0.39, 0.29) is 0 Å². The molecule has 0 heterocycles. The third-order valence-electron chi connectivity index (χ3n) is 4.77. The van der Waals surface area contributed by atoms with Crippen LogP contribution < -0.4 is 0 Å². The van der Waals surface area contributed by atoms with Gasteiger partial charge < -0.3 is 0 Å². The van der Waals surface area contributed by atoms with E-state index in [4.69, 9.17) is 48.9 Å². The minimum absolute atomic E-state index is 0.680. The van der Waals surface area contributed by atoms with Gasteiger partial charge in [-0.3, -0.25) is 0 Å². The maximum Gasteiger partial charge on any atom is 0.0708 e. The molecule has 24 heavy (non-hydrogen) atoms. The van der Waals surface area contributed by atoms with Crippen LogP contribution in [0.1, 0.15) is 103 Å². The summed E-state index contributed by atoms with van der Waals surface area (Å²) in [6.45, 7) is 0. The van der Waals surface area contributed by atoms with Crippen molar-refractivity contribution in [2.75, 3.05) is 0 Å². The Morgan fingerprint density at radius 3 is 0.792 bits per heavy atom. The summed E-state index contributed by atoms with van der Waals surface area (Å²) < 4.78 is 0. The van der Waals surface area contributed by atoms with Crippen LogP contribution in [-0.4, -0.2) is 19.5 Å². The van der Waals surface area contributed by atoms with E-state index < -0.39 is 0 Å². The summed E-state index contributed by atoms with van der Waals surface area (Å²) in [6.07, 6.45) is 20.4. The molecule has 136 valence electrons. The standard InChI is InChI=1S/C20H32S4/c21-17-15-13-11-9-7-5-3-1-2-4-6-8-10-12-14-16-18(22)20(24)19(17)23/h1-16H2. The predicted octanol–water partition coefficient (Wildman–Crippen LogP) is 7.72. The zero-order valence-electron chi connectivity index (χ0n) is 14.9. The first-order chi connectivity index (χ1) is 11.6. The van der Waals surface area contributed by atoms with Gasteiger partial charge in [0.15, 0.2) is 0 Å². The highest BCUT2D eigenvalue weighted by Gasteiger charge is 2.14. The normalized spacial score (nSPS) is 22.3. The van der Waals surface area contributed by atoms with Gasteiger partial charge in [0.25, 0.3) is 0 Å². The number of rotatable bonds is 0. The number of hydrogen-bond acceptors (Lipinski definition) is 4. The zero-order chi connectivity index (χ0) is 17.6. The Morgan fingerprint density at radius 1 is 0.333 bits per heavy atom. The molecule has 4 heteroatoms. The molecule has 0 aromatic carbocycles. The molecule has 0 nitrogen and oxygen atoms in total. The quantitative estimate of drug-likeness (QED) is 0.381. The Labute approximate surface area is 170 Å². The van der Waals surface area contributed by atoms with Crippen molar-refractivity contribution in [3.8, 4) is 0 Å². The third-order valence-corrected chi connectivity index (χ3v) is 6.88. The second kappa shape index (κ2) is 14.5. The van der Waals surface area contributed by atoms with Crippen LogP contribution in [0.5, 0.6) is 0 Å². The van der Waals surface area contributed by atoms with E-state index in [0.717, 1.165) is 35.4 Å². The van der Waals surface area contributed by atoms with Gasteiger partial charge in [0.1, 0.15) is 0 Å². The molecule has 0 bridgehead atoms. The SMILES string of the molecule is S=C1CCCCCCCCCCCCCCCCC(=S)C(=S)C1=S. The summed E-state index contributed by atoms with van der Waals surface area (Å²) in [5, 5.41) is 0. The van der Waals surface area contributed by atoms with Crippen molar-refractivity contribution in [3.63, 3.8) is 0 Å². The Kier molecular flexibility index (Phi) is 13.6. The summed E-state index contributed by atoms with van der Waals surface area (Å²) in [6, 6.07) is 0. The molecule has 1 saturated carbocycles. The molecule has 1 rings (SSSR count). The maximum atomic E-state index is 5.48. The Morgan fingerprint density at radius 2 is 0.542 bits per heavy atom. The second-order valence-corrected chi connectivity index (χ2v) is 8.76. The molecule has 0 N–H and O–H groups in total. The van der Waals surface area contributed by atoms with E-state index in [0.29, 0.717) is 9.73 Å². The minimum Gasteiger partial charge on any atom is -0.0833 e. The van der Waals surface area contributed by atoms with Gasteiger partial charge in [-0.05, 0) is 25.7 Å². The van der Waals surface area contributed by atoms with Crippen molar-refractivity contribution in [2.24, 2.45) is 0 Å². The predicted molar refractivity (Wildman–Crippen MR) is 124 cm³/mol. The van der Waals surface area contributed by atoms with Crippen molar-refractivity contribution in [1.82, 2.24) is 0 Å². The second-order valence-electron chi connectivity index (χ2n) is 6.95. The smallest absolute Gasteiger partial charge is 0.0708 e. The highest BCUT2D eigenvalue weighted by molar-refractivity contribution is 7.98. The molecule has 0 aromatic rings. The van der Waals surface area contributed by atoms with E-state index >= 15 is 0 Å². The largest absolute Gasteiger partial charge is 0.0833 e. The lowest BCUT2D eigenvalue weighted by molar-refractivity contribution is 0.536. The van der Waals surface area contributed by atoms with Crippen LogP contribution in [0.3, 0.4) is 0 Å². The molecule has 1 aliphatic carbocycles. The van der Waals surface area contributed by atoms with Crippen LogP contribution in [0.25, 0.3) is 0 Å². The summed E-state index contributed by atoms with van der Waals surface area (Å²) in [4.78, 5) is 3.07. The summed E-state index contributed by atoms with van der Waals surface area (Å²) in [5.74, 6) is 0. The number of thiocarbonyl (C=S) groups is 4. The highest BCUT2D eigenvalue weighted by Crippen LogP contribution is 2.15.